The van der Waals surface area contributed by atoms with Crippen molar-refractivity contribution in [1.29, 1.82) is 0 Å². The van der Waals surface area contributed by atoms with Crippen LogP contribution in [0.15, 0.2) is 71.3 Å². The minimum atomic E-state index is -0.383. The van der Waals surface area contributed by atoms with E-state index in [-0.39, 0.29) is 24.1 Å². The molecule has 3 aromatic carbocycles. The van der Waals surface area contributed by atoms with Crippen LogP contribution in [0.1, 0.15) is 5.56 Å². The Morgan fingerprint density at radius 2 is 1.69 bits per heavy atom. The Kier molecular flexibility index (Phi) is 5.20. The lowest BCUT2D eigenvalue weighted by Crippen LogP contribution is -1.98. The van der Waals surface area contributed by atoms with E-state index in [4.69, 9.17) is 14.0 Å². The average Bonchev–Trinajstić information content (AvgIpc) is 3.23. The van der Waals surface area contributed by atoms with Gasteiger partial charge in [0.15, 0.2) is 11.5 Å². The third kappa shape index (κ3) is 4.24. The smallest absolute Gasteiger partial charge is 0.258 e. The van der Waals surface area contributed by atoms with Crippen molar-refractivity contribution >= 4 is 0 Å². The van der Waals surface area contributed by atoms with E-state index in [1.54, 1.807) is 42.5 Å². The maximum absolute atomic E-state index is 13.4. The number of hydrogen-bond acceptors (Lipinski definition) is 5. The third-order valence-corrected chi connectivity index (χ3v) is 4.23. The quantitative estimate of drug-likeness (QED) is 0.446. The van der Waals surface area contributed by atoms with E-state index in [9.17, 15) is 8.78 Å². The molecule has 0 bridgehead atoms. The van der Waals surface area contributed by atoms with Gasteiger partial charge in [-0.15, -0.1) is 0 Å². The molecule has 0 saturated heterocycles. The summed E-state index contributed by atoms with van der Waals surface area (Å²) in [5.74, 6) is 0.888. The first-order valence-corrected chi connectivity index (χ1v) is 8.77. The van der Waals surface area contributed by atoms with Crippen LogP contribution in [0.25, 0.3) is 22.8 Å². The van der Waals surface area contributed by atoms with Gasteiger partial charge in [-0.1, -0.05) is 23.4 Å². The molecule has 0 aliphatic heterocycles. The molecule has 29 heavy (non-hydrogen) atoms. The predicted octanol–water partition coefficient (Wildman–Crippen LogP) is 5.27. The second-order valence-electron chi connectivity index (χ2n) is 6.21. The topological polar surface area (TPSA) is 57.4 Å². The second kappa shape index (κ2) is 8.10. The van der Waals surface area contributed by atoms with Gasteiger partial charge in [0.25, 0.3) is 5.89 Å². The van der Waals surface area contributed by atoms with E-state index in [0.29, 0.717) is 28.5 Å². The van der Waals surface area contributed by atoms with E-state index in [0.717, 1.165) is 5.56 Å². The van der Waals surface area contributed by atoms with Gasteiger partial charge < -0.3 is 14.0 Å². The van der Waals surface area contributed by atoms with Crippen molar-refractivity contribution in [1.82, 2.24) is 10.1 Å². The van der Waals surface area contributed by atoms with E-state index < -0.39 is 0 Å². The Labute approximate surface area is 165 Å². The van der Waals surface area contributed by atoms with Crippen LogP contribution in [0.2, 0.25) is 0 Å². The molecular formula is C22H16F2N2O3. The van der Waals surface area contributed by atoms with Crippen molar-refractivity contribution < 1.29 is 22.8 Å². The molecule has 4 rings (SSSR count). The molecule has 0 aliphatic carbocycles. The number of halogens is 2. The fraction of sp³-hybridized carbons (Fsp3) is 0.0909. The van der Waals surface area contributed by atoms with Crippen LogP contribution in [0.3, 0.4) is 0 Å². The molecule has 146 valence electrons. The monoisotopic (exact) mass is 394 g/mol. The van der Waals surface area contributed by atoms with Crippen LogP contribution in [-0.4, -0.2) is 17.3 Å². The Hall–Kier alpha value is -3.74. The van der Waals surface area contributed by atoms with Crippen LogP contribution in [0.4, 0.5) is 8.78 Å². The van der Waals surface area contributed by atoms with E-state index >= 15 is 0 Å². The highest BCUT2D eigenvalue weighted by molar-refractivity contribution is 5.63. The molecule has 1 aromatic heterocycles. The molecular weight excluding hydrogens is 378 g/mol. The van der Waals surface area contributed by atoms with Crippen LogP contribution in [0, 0.1) is 11.6 Å². The molecule has 0 spiro atoms. The highest BCUT2D eigenvalue weighted by atomic mass is 19.1. The maximum Gasteiger partial charge on any atom is 0.258 e. The maximum atomic E-state index is 13.4. The summed E-state index contributed by atoms with van der Waals surface area (Å²) in [5.41, 5.74) is 1.98. The Bertz CT molecular complexity index is 1130. The molecule has 0 unspecified atom stereocenters. The summed E-state index contributed by atoms with van der Waals surface area (Å²) in [6.45, 7) is 0.266. The summed E-state index contributed by atoms with van der Waals surface area (Å²) in [4.78, 5) is 4.32. The standard InChI is InChI=1S/C22H16F2N2O3/c1-27-20-12-15(7-10-19(20)28-13-14-5-8-17(23)9-6-14)21-25-22(29-26-21)16-3-2-4-18(24)11-16/h2-12H,13H2,1H3. The highest BCUT2D eigenvalue weighted by Gasteiger charge is 2.14. The first-order valence-electron chi connectivity index (χ1n) is 8.77. The zero-order chi connectivity index (χ0) is 20.2. The molecule has 4 aromatic rings. The zero-order valence-electron chi connectivity index (χ0n) is 15.4. The van der Waals surface area contributed by atoms with Gasteiger partial charge in [0.05, 0.1) is 7.11 Å². The lowest BCUT2D eigenvalue weighted by molar-refractivity contribution is 0.284. The molecule has 0 amide bonds. The first kappa shape index (κ1) is 18.6. The normalized spacial score (nSPS) is 10.7. The fourth-order valence-corrected chi connectivity index (χ4v) is 2.75. The average molecular weight is 394 g/mol. The van der Waals surface area contributed by atoms with Gasteiger partial charge in [-0.25, -0.2) is 8.78 Å². The number of rotatable bonds is 6. The Morgan fingerprint density at radius 1 is 0.862 bits per heavy atom. The minimum Gasteiger partial charge on any atom is -0.493 e. The van der Waals surface area contributed by atoms with Gasteiger partial charge >= 0.3 is 0 Å². The Balaban J connectivity index is 1.54. The fourth-order valence-electron chi connectivity index (χ4n) is 2.75. The third-order valence-electron chi connectivity index (χ3n) is 4.23. The number of aromatic nitrogens is 2. The van der Waals surface area contributed by atoms with Crippen molar-refractivity contribution in [3.05, 3.63) is 83.9 Å². The first-order chi connectivity index (χ1) is 14.1. The van der Waals surface area contributed by atoms with Crippen LogP contribution >= 0.6 is 0 Å². The summed E-state index contributed by atoms with van der Waals surface area (Å²) in [5, 5.41) is 3.96. The molecule has 0 atom stereocenters. The van der Waals surface area contributed by atoms with Crippen LogP contribution < -0.4 is 9.47 Å². The number of methoxy groups -OCH3 is 1. The Morgan fingerprint density at radius 3 is 2.45 bits per heavy atom. The van der Waals surface area contributed by atoms with Crippen molar-refractivity contribution in [2.24, 2.45) is 0 Å². The lowest BCUT2D eigenvalue weighted by atomic mass is 10.2. The van der Waals surface area contributed by atoms with Crippen LogP contribution in [0.5, 0.6) is 11.5 Å². The molecule has 0 radical (unpaired) electrons. The van der Waals surface area contributed by atoms with Crippen LogP contribution in [-0.2, 0) is 6.61 Å². The summed E-state index contributed by atoms with van der Waals surface area (Å²) >= 11 is 0. The summed E-state index contributed by atoms with van der Waals surface area (Å²) in [6.07, 6.45) is 0. The molecule has 0 N–H and O–H groups in total. The van der Waals surface area contributed by atoms with Crippen molar-refractivity contribution in [2.45, 2.75) is 6.61 Å². The van der Waals surface area contributed by atoms with Gasteiger partial charge in [0.1, 0.15) is 18.2 Å². The molecule has 0 fully saturated rings. The molecule has 1 heterocycles. The van der Waals surface area contributed by atoms with Gasteiger partial charge in [0, 0.05) is 11.1 Å². The van der Waals surface area contributed by atoms with Gasteiger partial charge in [0.2, 0.25) is 5.82 Å². The zero-order valence-corrected chi connectivity index (χ0v) is 15.4. The number of hydrogen-bond donors (Lipinski definition) is 0. The number of nitrogens with zero attached hydrogens (tertiary/aromatic N) is 2. The van der Waals surface area contributed by atoms with E-state index in [1.807, 2.05) is 0 Å². The number of ether oxygens (including phenoxy) is 2. The lowest BCUT2D eigenvalue weighted by Gasteiger charge is -2.11. The van der Waals surface area contributed by atoms with E-state index in [1.165, 1.54) is 31.4 Å². The summed E-state index contributed by atoms with van der Waals surface area (Å²) in [7, 11) is 1.53. The second-order valence-corrected chi connectivity index (χ2v) is 6.21. The number of benzene rings is 3. The SMILES string of the molecule is COc1cc(-c2noc(-c3cccc(F)c3)n2)ccc1OCc1ccc(F)cc1. The minimum absolute atomic E-state index is 0.218. The largest absolute Gasteiger partial charge is 0.493 e. The van der Waals surface area contributed by atoms with Crippen molar-refractivity contribution in [3.63, 3.8) is 0 Å². The summed E-state index contributed by atoms with van der Waals surface area (Å²) in [6, 6.07) is 17.2. The molecule has 7 heteroatoms. The van der Waals surface area contributed by atoms with E-state index in [2.05, 4.69) is 10.1 Å². The molecule has 5 nitrogen and oxygen atoms in total. The molecule has 0 aliphatic rings. The molecule has 0 saturated carbocycles. The van der Waals surface area contributed by atoms with Crippen molar-refractivity contribution in [3.8, 4) is 34.3 Å². The van der Waals surface area contributed by atoms with Gasteiger partial charge in [-0.05, 0) is 54.1 Å². The summed E-state index contributed by atoms with van der Waals surface area (Å²) < 4.78 is 42.8. The predicted molar refractivity (Wildman–Crippen MR) is 102 cm³/mol. The van der Waals surface area contributed by atoms with Gasteiger partial charge in [-0.3, -0.25) is 0 Å². The van der Waals surface area contributed by atoms with Crippen molar-refractivity contribution in [2.75, 3.05) is 7.11 Å². The highest BCUT2D eigenvalue weighted by Crippen LogP contribution is 2.33. The van der Waals surface area contributed by atoms with Gasteiger partial charge in [-0.2, -0.15) is 4.98 Å².